The molecule has 0 N–H and O–H groups in total. The molecule has 462 valence electrons. The van der Waals surface area contributed by atoms with E-state index in [-0.39, 0.29) is 31.1 Å². The largest absolute Gasteiger partial charge is 0.462 e. The SMILES string of the molecule is CC/C=C\C/C=C\C/C=C\C/C=C\C/C=C\CCCCCCCCCCCCCCCCCC(=O)OCC(COC(=O)CCCCC/C=C\C/C=C\C/C=C\CC)OC(=O)CCCCCCCCCCC/C=C\C/C=C\CCCCC. The second-order valence-electron chi connectivity index (χ2n) is 22.3. The van der Waals surface area contributed by atoms with Gasteiger partial charge < -0.3 is 14.2 Å². The highest BCUT2D eigenvalue weighted by atomic mass is 16.6. The molecule has 0 bridgehead atoms. The molecule has 0 aromatic heterocycles. The lowest BCUT2D eigenvalue weighted by molar-refractivity contribution is -0.167. The average molecular weight is 1120 g/mol. The molecule has 0 heterocycles. The van der Waals surface area contributed by atoms with Crippen molar-refractivity contribution in [2.45, 2.75) is 322 Å². The van der Waals surface area contributed by atoms with Crippen LogP contribution in [0.5, 0.6) is 0 Å². The van der Waals surface area contributed by atoms with Crippen LogP contribution < -0.4 is 0 Å². The number of carbonyl (C=O) groups is 3. The molecule has 0 fully saturated rings. The molecule has 0 amide bonds. The summed E-state index contributed by atoms with van der Waals surface area (Å²) in [5, 5.41) is 0. The molecule has 6 heteroatoms. The molecule has 0 saturated carbocycles. The van der Waals surface area contributed by atoms with Gasteiger partial charge >= 0.3 is 17.9 Å². The minimum Gasteiger partial charge on any atom is -0.462 e. The van der Waals surface area contributed by atoms with Crippen LogP contribution in [0, 0.1) is 0 Å². The first-order chi connectivity index (χ1) is 40.0. The second-order valence-corrected chi connectivity index (χ2v) is 22.3. The molecule has 6 nitrogen and oxygen atoms in total. The second kappa shape index (κ2) is 68.3. The van der Waals surface area contributed by atoms with E-state index in [9.17, 15) is 14.4 Å². The normalized spacial score (nSPS) is 12.9. The molecule has 0 spiro atoms. The van der Waals surface area contributed by atoms with Crippen molar-refractivity contribution in [2.24, 2.45) is 0 Å². The van der Waals surface area contributed by atoms with E-state index in [0.717, 1.165) is 122 Å². The topological polar surface area (TPSA) is 78.9 Å². The Bertz CT molecular complexity index is 1670. The first-order valence-corrected chi connectivity index (χ1v) is 34.0. The molecular weight excluding hydrogens is 997 g/mol. The number of carbonyl (C=O) groups excluding carboxylic acids is 3. The highest BCUT2D eigenvalue weighted by Crippen LogP contribution is 2.17. The lowest BCUT2D eigenvalue weighted by Gasteiger charge is -2.18. The lowest BCUT2D eigenvalue weighted by atomic mass is 10.0. The maximum Gasteiger partial charge on any atom is 0.306 e. The smallest absolute Gasteiger partial charge is 0.306 e. The summed E-state index contributed by atoms with van der Waals surface area (Å²) in [6.45, 7) is 6.38. The summed E-state index contributed by atoms with van der Waals surface area (Å²) in [7, 11) is 0. The standard InChI is InChI=1S/C75H126O6/c1-4-7-10-13-16-19-22-25-27-29-31-32-33-34-35-36-37-38-39-40-41-42-44-45-47-50-53-56-59-62-65-68-74(77)80-71-72(70-79-73(76)67-64-61-58-55-52-49-24-21-18-15-12-9-6-3)81-75(78)69-66-63-60-57-54-51-48-46-43-30-28-26-23-20-17-14-11-8-5-2/h7,9-10,12,16-21,25-28,31-32,34-35,49,52,72H,4-6,8,11,13-15,22-24,29-30,33,36-48,50-51,53-71H2,1-3H3/b10-7-,12-9-,19-16-,20-17-,21-18-,27-25-,28-26-,32-31-,35-34-,52-49-. The molecule has 0 aromatic rings. The molecule has 0 aliphatic carbocycles. The van der Waals surface area contributed by atoms with Gasteiger partial charge in [0.2, 0.25) is 0 Å². The van der Waals surface area contributed by atoms with Crippen LogP contribution in [0.1, 0.15) is 316 Å². The summed E-state index contributed by atoms with van der Waals surface area (Å²) >= 11 is 0. The highest BCUT2D eigenvalue weighted by molar-refractivity contribution is 5.71. The van der Waals surface area contributed by atoms with E-state index < -0.39 is 6.10 Å². The monoisotopic (exact) mass is 1120 g/mol. The van der Waals surface area contributed by atoms with Crippen molar-refractivity contribution in [3.63, 3.8) is 0 Å². The zero-order valence-corrected chi connectivity index (χ0v) is 53.0. The number of unbranched alkanes of at least 4 members (excludes halogenated alkanes) is 30. The Labute approximate surface area is 501 Å². The van der Waals surface area contributed by atoms with E-state index in [0.29, 0.717) is 19.3 Å². The van der Waals surface area contributed by atoms with Crippen LogP contribution in [0.2, 0.25) is 0 Å². The van der Waals surface area contributed by atoms with Gasteiger partial charge in [-0.05, 0) is 128 Å². The van der Waals surface area contributed by atoms with Crippen LogP contribution in [0.15, 0.2) is 122 Å². The fourth-order valence-corrected chi connectivity index (χ4v) is 9.40. The van der Waals surface area contributed by atoms with E-state index >= 15 is 0 Å². The third-order valence-corrected chi connectivity index (χ3v) is 14.4. The summed E-state index contributed by atoms with van der Waals surface area (Å²) < 4.78 is 16.9. The van der Waals surface area contributed by atoms with Crippen molar-refractivity contribution in [1.82, 2.24) is 0 Å². The minimum absolute atomic E-state index is 0.0892. The first kappa shape index (κ1) is 76.8. The fourth-order valence-electron chi connectivity index (χ4n) is 9.40. The van der Waals surface area contributed by atoms with Crippen molar-refractivity contribution >= 4 is 17.9 Å². The molecule has 0 rings (SSSR count). The summed E-state index contributed by atoms with van der Waals surface area (Å²) in [5.41, 5.74) is 0. The zero-order valence-electron chi connectivity index (χ0n) is 53.0. The third kappa shape index (κ3) is 66.5. The summed E-state index contributed by atoms with van der Waals surface area (Å²) in [4.78, 5) is 38.4. The van der Waals surface area contributed by atoms with Crippen molar-refractivity contribution < 1.29 is 28.6 Å². The number of rotatable bonds is 61. The maximum absolute atomic E-state index is 12.9. The van der Waals surface area contributed by atoms with Crippen molar-refractivity contribution in [3.05, 3.63) is 122 Å². The van der Waals surface area contributed by atoms with Gasteiger partial charge in [-0.25, -0.2) is 0 Å². The Hall–Kier alpha value is -4.19. The van der Waals surface area contributed by atoms with Crippen LogP contribution in [-0.4, -0.2) is 37.2 Å². The Morgan fingerprint density at radius 3 is 0.765 bits per heavy atom. The molecule has 0 aromatic carbocycles. The molecule has 1 unspecified atom stereocenters. The lowest BCUT2D eigenvalue weighted by Crippen LogP contribution is -2.30. The van der Waals surface area contributed by atoms with E-state index in [1.165, 1.54) is 154 Å². The van der Waals surface area contributed by atoms with Gasteiger partial charge in [-0.1, -0.05) is 290 Å². The molecular formula is C75H126O6. The Balaban J connectivity index is 4.25. The van der Waals surface area contributed by atoms with Gasteiger partial charge in [0.1, 0.15) is 13.2 Å². The third-order valence-electron chi connectivity index (χ3n) is 14.4. The van der Waals surface area contributed by atoms with Gasteiger partial charge in [0.15, 0.2) is 6.10 Å². The van der Waals surface area contributed by atoms with Gasteiger partial charge in [-0.2, -0.15) is 0 Å². The van der Waals surface area contributed by atoms with Gasteiger partial charge in [-0.15, -0.1) is 0 Å². The highest BCUT2D eigenvalue weighted by Gasteiger charge is 2.19. The van der Waals surface area contributed by atoms with Crippen LogP contribution in [0.4, 0.5) is 0 Å². The summed E-state index contributed by atoms with van der Waals surface area (Å²) in [6.07, 6.45) is 95.1. The fraction of sp³-hybridized carbons (Fsp3) is 0.693. The average Bonchev–Trinajstić information content (AvgIpc) is 3.46. The number of esters is 3. The number of allylic oxidation sites excluding steroid dienone is 20. The van der Waals surface area contributed by atoms with E-state index in [1.54, 1.807) is 0 Å². The van der Waals surface area contributed by atoms with Gasteiger partial charge in [0.25, 0.3) is 0 Å². The van der Waals surface area contributed by atoms with Crippen LogP contribution in [0.25, 0.3) is 0 Å². The molecule has 0 aliphatic heterocycles. The predicted octanol–water partition coefficient (Wildman–Crippen LogP) is 23.6. The van der Waals surface area contributed by atoms with Crippen molar-refractivity contribution in [2.75, 3.05) is 13.2 Å². The molecule has 1 atom stereocenters. The zero-order chi connectivity index (χ0) is 58.5. The van der Waals surface area contributed by atoms with Crippen LogP contribution >= 0.6 is 0 Å². The van der Waals surface area contributed by atoms with E-state index in [4.69, 9.17) is 14.2 Å². The predicted molar refractivity (Wildman–Crippen MR) is 353 cm³/mol. The molecule has 0 radical (unpaired) electrons. The van der Waals surface area contributed by atoms with E-state index in [1.807, 2.05) is 0 Å². The molecule has 0 aliphatic rings. The van der Waals surface area contributed by atoms with Gasteiger partial charge in [0, 0.05) is 19.3 Å². The van der Waals surface area contributed by atoms with Gasteiger partial charge in [-0.3, -0.25) is 14.4 Å². The maximum atomic E-state index is 12.9. The van der Waals surface area contributed by atoms with Crippen LogP contribution in [-0.2, 0) is 28.6 Å². The number of hydrogen-bond donors (Lipinski definition) is 0. The quantitative estimate of drug-likeness (QED) is 0.0261. The van der Waals surface area contributed by atoms with Gasteiger partial charge in [0.05, 0.1) is 0 Å². The van der Waals surface area contributed by atoms with Crippen molar-refractivity contribution in [1.29, 1.82) is 0 Å². The van der Waals surface area contributed by atoms with E-state index in [2.05, 4.69) is 142 Å². The Morgan fingerprint density at radius 2 is 0.481 bits per heavy atom. The van der Waals surface area contributed by atoms with Crippen LogP contribution in [0.3, 0.4) is 0 Å². The first-order valence-electron chi connectivity index (χ1n) is 34.0. The minimum atomic E-state index is -0.795. The van der Waals surface area contributed by atoms with Crippen molar-refractivity contribution in [3.8, 4) is 0 Å². The summed E-state index contributed by atoms with van der Waals surface area (Å²) in [5.74, 6) is -0.915. The Kier molecular flexibility index (Phi) is 64.8. The molecule has 81 heavy (non-hydrogen) atoms. The number of hydrogen-bond acceptors (Lipinski definition) is 6. The molecule has 0 saturated heterocycles. The Morgan fingerprint density at radius 1 is 0.259 bits per heavy atom. The number of ether oxygens (including phenoxy) is 3. The summed E-state index contributed by atoms with van der Waals surface area (Å²) in [6, 6.07) is 0.